The molecule has 1 aliphatic heterocycles. The standard InChI is InChI=1S/C26H32O12/c1-14(36-15(2)28)26(34,11-16-3-7-18(29)8-4-16)25(33)35-13-17-5-9-19(10-6-17)37-24-23(32)22(31)21(30)20(12-27)38-24/h3-10,14,20-24,27,29-32,34H,11-13H2,1-2H3/t14-,20-,21-,22+,23-,24-,26-/m0/s1. The molecule has 0 bridgehead atoms. The van der Waals surface area contributed by atoms with E-state index in [4.69, 9.17) is 18.9 Å². The van der Waals surface area contributed by atoms with Crippen molar-refractivity contribution in [1.82, 2.24) is 0 Å². The van der Waals surface area contributed by atoms with Crippen molar-refractivity contribution < 1.29 is 59.2 Å². The molecule has 1 aliphatic rings. The summed E-state index contributed by atoms with van der Waals surface area (Å²) in [6.45, 7) is 1.68. The molecule has 0 spiro atoms. The molecule has 2 aromatic rings. The third-order valence-corrected chi connectivity index (χ3v) is 6.17. The zero-order valence-electron chi connectivity index (χ0n) is 20.8. The lowest BCUT2D eigenvalue weighted by atomic mass is 9.89. The van der Waals surface area contributed by atoms with Crippen LogP contribution in [0.1, 0.15) is 25.0 Å². The molecule has 0 unspecified atom stereocenters. The molecule has 0 aromatic heterocycles. The van der Waals surface area contributed by atoms with E-state index in [1.165, 1.54) is 43.3 Å². The van der Waals surface area contributed by atoms with E-state index in [-0.39, 0.29) is 24.5 Å². The molecule has 12 heteroatoms. The summed E-state index contributed by atoms with van der Waals surface area (Å²) in [4.78, 5) is 24.4. The smallest absolute Gasteiger partial charge is 0.342 e. The molecule has 0 aliphatic carbocycles. The van der Waals surface area contributed by atoms with Gasteiger partial charge in [-0.1, -0.05) is 24.3 Å². The van der Waals surface area contributed by atoms with Crippen LogP contribution in [-0.4, -0.2) is 91.6 Å². The maximum Gasteiger partial charge on any atom is 0.342 e. The Labute approximate surface area is 218 Å². The first-order valence-electron chi connectivity index (χ1n) is 11.9. The van der Waals surface area contributed by atoms with Gasteiger partial charge < -0.3 is 49.6 Å². The Balaban J connectivity index is 1.65. The van der Waals surface area contributed by atoms with Crippen LogP contribution >= 0.6 is 0 Å². The fourth-order valence-electron chi connectivity index (χ4n) is 3.89. The predicted molar refractivity (Wildman–Crippen MR) is 129 cm³/mol. The Hall–Kier alpha value is -3.26. The topological polar surface area (TPSA) is 192 Å². The number of aliphatic hydroxyl groups excluding tert-OH is 4. The van der Waals surface area contributed by atoms with Crippen LogP contribution in [0.4, 0.5) is 0 Å². The van der Waals surface area contributed by atoms with E-state index in [2.05, 4.69) is 0 Å². The zero-order valence-corrected chi connectivity index (χ0v) is 20.8. The molecule has 6 N–H and O–H groups in total. The van der Waals surface area contributed by atoms with Crippen LogP contribution in [0.3, 0.4) is 0 Å². The molecular formula is C26H32O12. The molecule has 1 heterocycles. The minimum absolute atomic E-state index is 0.00636. The first kappa shape index (κ1) is 29.3. The van der Waals surface area contributed by atoms with Crippen LogP contribution in [-0.2, 0) is 36.8 Å². The summed E-state index contributed by atoms with van der Waals surface area (Å²) in [6, 6.07) is 11.9. The van der Waals surface area contributed by atoms with E-state index in [0.717, 1.165) is 6.92 Å². The highest BCUT2D eigenvalue weighted by Gasteiger charge is 2.46. The largest absolute Gasteiger partial charge is 0.508 e. The lowest BCUT2D eigenvalue weighted by Crippen LogP contribution is -2.60. The second-order valence-electron chi connectivity index (χ2n) is 9.05. The number of carbonyl (C=O) groups is 2. The summed E-state index contributed by atoms with van der Waals surface area (Å²) in [6.07, 6.45) is -8.62. The van der Waals surface area contributed by atoms with Gasteiger partial charge in [-0.05, 0) is 42.3 Å². The summed E-state index contributed by atoms with van der Waals surface area (Å²) < 4.78 is 21.2. The van der Waals surface area contributed by atoms with E-state index in [1.807, 2.05) is 0 Å². The maximum absolute atomic E-state index is 13.0. The van der Waals surface area contributed by atoms with Gasteiger partial charge in [0.2, 0.25) is 11.9 Å². The van der Waals surface area contributed by atoms with Gasteiger partial charge in [-0.3, -0.25) is 4.79 Å². The second-order valence-corrected chi connectivity index (χ2v) is 9.05. The third kappa shape index (κ3) is 6.98. The highest BCUT2D eigenvalue weighted by molar-refractivity contribution is 5.81. The van der Waals surface area contributed by atoms with E-state index in [9.17, 15) is 40.2 Å². The Morgan fingerprint density at radius 1 is 0.974 bits per heavy atom. The number of ether oxygens (including phenoxy) is 4. The minimum atomic E-state index is -2.21. The van der Waals surface area contributed by atoms with Gasteiger partial charge in [0, 0.05) is 13.3 Å². The van der Waals surface area contributed by atoms with Gasteiger partial charge in [0.1, 0.15) is 48.6 Å². The number of hydrogen-bond donors (Lipinski definition) is 6. The number of hydrogen-bond acceptors (Lipinski definition) is 12. The zero-order chi connectivity index (χ0) is 28.0. The van der Waals surface area contributed by atoms with Gasteiger partial charge in [-0.15, -0.1) is 0 Å². The summed E-state index contributed by atoms with van der Waals surface area (Å²) in [5, 5.41) is 59.9. The molecule has 38 heavy (non-hydrogen) atoms. The minimum Gasteiger partial charge on any atom is -0.508 e. The highest BCUT2D eigenvalue weighted by Crippen LogP contribution is 2.26. The number of esters is 2. The number of rotatable bonds is 10. The Bertz CT molecular complexity index is 1070. The monoisotopic (exact) mass is 536 g/mol. The van der Waals surface area contributed by atoms with Crippen molar-refractivity contribution in [3.63, 3.8) is 0 Å². The van der Waals surface area contributed by atoms with Gasteiger partial charge >= 0.3 is 11.9 Å². The van der Waals surface area contributed by atoms with Crippen LogP contribution in [0.25, 0.3) is 0 Å². The van der Waals surface area contributed by atoms with Crippen molar-refractivity contribution in [3.05, 3.63) is 59.7 Å². The number of aromatic hydroxyl groups is 1. The molecule has 0 amide bonds. The van der Waals surface area contributed by atoms with Crippen molar-refractivity contribution in [1.29, 1.82) is 0 Å². The highest BCUT2D eigenvalue weighted by atomic mass is 16.7. The van der Waals surface area contributed by atoms with Crippen LogP contribution in [0, 0.1) is 0 Å². The Morgan fingerprint density at radius 2 is 1.58 bits per heavy atom. The van der Waals surface area contributed by atoms with Crippen molar-refractivity contribution in [2.45, 2.75) is 69.3 Å². The third-order valence-electron chi connectivity index (χ3n) is 6.17. The first-order valence-corrected chi connectivity index (χ1v) is 11.9. The van der Waals surface area contributed by atoms with Gasteiger partial charge in [-0.25, -0.2) is 4.79 Å². The van der Waals surface area contributed by atoms with E-state index < -0.39 is 61.0 Å². The number of benzene rings is 2. The van der Waals surface area contributed by atoms with Crippen molar-refractivity contribution in [2.24, 2.45) is 0 Å². The maximum atomic E-state index is 13.0. The van der Waals surface area contributed by atoms with Gasteiger partial charge in [0.15, 0.2) is 0 Å². The number of aliphatic hydroxyl groups is 5. The molecule has 2 aromatic carbocycles. The van der Waals surface area contributed by atoms with Crippen LogP contribution in [0.5, 0.6) is 11.5 Å². The average Bonchev–Trinajstić information content (AvgIpc) is 2.89. The van der Waals surface area contributed by atoms with Crippen LogP contribution in [0.15, 0.2) is 48.5 Å². The molecule has 0 saturated carbocycles. The van der Waals surface area contributed by atoms with Crippen LogP contribution in [0.2, 0.25) is 0 Å². The first-order chi connectivity index (χ1) is 17.9. The molecule has 7 atom stereocenters. The second kappa shape index (κ2) is 12.5. The van der Waals surface area contributed by atoms with E-state index >= 15 is 0 Å². The fourth-order valence-corrected chi connectivity index (χ4v) is 3.89. The SMILES string of the molecule is CC(=O)O[C@@H](C)[C@@](O)(Cc1ccc(O)cc1)C(=O)OCc1ccc(O[C@H]2O[C@@H](CO)[C@H](O)[C@@H](O)[C@@H]2O)cc1. The molecule has 208 valence electrons. The number of phenolic OH excluding ortho intramolecular Hbond substituents is 1. The van der Waals surface area contributed by atoms with Gasteiger partial charge in [0.25, 0.3) is 0 Å². The quantitative estimate of drug-likeness (QED) is 0.214. The Kier molecular flexibility index (Phi) is 9.66. The molecule has 12 nitrogen and oxygen atoms in total. The summed E-state index contributed by atoms with van der Waals surface area (Å²) >= 11 is 0. The van der Waals surface area contributed by atoms with Gasteiger partial charge in [0.05, 0.1) is 6.61 Å². The summed E-state index contributed by atoms with van der Waals surface area (Å²) in [7, 11) is 0. The van der Waals surface area contributed by atoms with Crippen LogP contribution < -0.4 is 4.74 Å². The molecule has 1 fully saturated rings. The van der Waals surface area contributed by atoms with E-state index in [1.54, 1.807) is 12.1 Å². The average molecular weight is 537 g/mol. The summed E-state index contributed by atoms with van der Waals surface area (Å²) in [5.74, 6) is -1.49. The normalized spacial score (nSPS) is 25.6. The molecule has 3 rings (SSSR count). The predicted octanol–water partition coefficient (Wildman–Crippen LogP) is -0.460. The summed E-state index contributed by atoms with van der Waals surface area (Å²) in [5.41, 5.74) is -1.21. The van der Waals surface area contributed by atoms with Crippen molar-refractivity contribution in [2.75, 3.05) is 6.61 Å². The van der Waals surface area contributed by atoms with Crippen molar-refractivity contribution in [3.8, 4) is 11.5 Å². The lowest BCUT2D eigenvalue weighted by Gasteiger charge is -2.39. The number of phenols is 1. The van der Waals surface area contributed by atoms with Gasteiger partial charge in [-0.2, -0.15) is 0 Å². The Morgan fingerprint density at radius 3 is 2.16 bits per heavy atom. The number of carbonyl (C=O) groups excluding carboxylic acids is 2. The molecular weight excluding hydrogens is 504 g/mol. The molecule has 0 radical (unpaired) electrons. The van der Waals surface area contributed by atoms with E-state index in [0.29, 0.717) is 11.1 Å². The molecule has 1 saturated heterocycles. The lowest BCUT2D eigenvalue weighted by molar-refractivity contribution is -0.277. The fraction of sp³-hybridized carbons (Fsp3) is 0.462. The van der Waals surface area contributed by atoms with Crippen molar-refractivity contribution >= 4 is 11.9 Å².